The van der Waals surface area contributed by atoms with E-state index in [-0.39, 0.29) is 0 Å². The first-order chi connectivity index (χ1) is 12.7. The van der Waals surface area contributed by atoms with E-state index in [1.165, 1.54) is 5.69 Å². The van der Waals surface area contributed by atoms with Crippen LogP contribution in [-0.2, 0) is 0 Å². The lowest BCUT2D eigenvalue weighted by molar-refractivity contribution is -0.305. The summed E-state index contributed by atoms with van der Waals surface area (Å²) in [5, 5.41) is 7.08. The highest BCUT2D eigenvalue weighted by Crippen LogP contribution is 2.31. The van der Waals surface area contributed by atoms with Gasteiger partial charge in [-0.3, -0.25) is 0 Å². The van der Waals surface area contributed by atoms with Crippen LogP contribution in [0.1, 0.15) is 33.6 Å². The van der Waals surface area contributed by atoms with E-state index in [1.54, 1.807) is 0 Å². The van der Waals surface area contributed by atoms with E-state index in [2.05, 4.69) is 90.5 Å². The Morgan fingerprint density at radius 1 is 0.923 bits per heavy atom. The van der Waals surface area contributed by atoms with Crippen LogP contribution in [0.2, 0.25) is 12.6 Å². The first-order valence-corrected chi connectivity index (χ1v) is 9.74. The minimum atomic E-state index is -1.08. The molecule has 0 fully saturated rings. The van der Waals surface area contributed by atoms with Crippen LogP contribution in [0.5, 0.6) is 0 Å². The summed E-state index contributed by atoms with van der Waals surface area (Å²) in [6.07, 6.45) is 3.28. The first kappa shape index (κ1) is 18.2. The molecule has 26 heavy (non-hydrogen) atoms. The molecule has 0 saturated carbocycles. The number of amidine groups is 1. The van der Waals surface area contributed by atoms with Crippen molar-refractivity contribution in [1.29, 1.82) is 0 Å². The third-order valence-corrected chi connectivity index (χ3v) is 5.03. The van der Waals surface area contributed by atoms with E-state index in [9.17, 15) is 0 Å². The molecule has 5 heteroatoms. The molecule has 1 aliphatic rings. The summed E-state index contributed by atoms with van der Waals surface area (Å²) < 4.78 is 2.41. The van der Waals surface area contributed by atoms with Crippen molar-refractivity contribution in [2.75, 3.05) is 5.32 Å². The lowest BCUT2D eigenvalue weighted by atomic mass is 9.40. The van der Waals surface area contributed by atoms with Crippen molar-refractivity contribution in [1.82, 2.24) is 5.32 Å². The highest BCUT2D eigenvalue weighted by Gasteiger charge is 2.37. The highest BCUT2D eigenvalue weighted by molar-refractivity contribution is 6.73. The number of anilines is 1. The Bertz CT molecular complexity index is 778. The molecular weight excluding hydrogens is 319 g/mol. The predicted octanol–water partition coefficient (Wildman–Crippen LogP) is 5.08. The van der Waals surface area contributed by atoms with Gasteiger partial charge in [0.25, 0.3) is 6.42 Å². The summed E-state index contributed by atoms with van der Waals surface area (Å²) in [6.45, 7) is 6.57. The molecule has 3 rings (SSSR count). The van der Waals surface area contributed by atoms with E-state index in [0.717, 1.165) is 43.0 Å². The lowest BCUT2D eigenvalue weighted by Gasteiger charge is -2.42. The van der Waals surface area contributed by atoms with E-state index < -0.39 is 6.42 Å². The number of hydrogen-bond donors (Lipinski definition) is 2. The van der Waals surface area contributed by atoms with Crippen molar-refractivity contribution in [3.63, 3.8) is 0 Å². The lowest BCUT2D eigenvalue weighted by Crippen LogP contribution is -2.57. The average molecular weight is 348 g/mol. The van der Waals surface area contributed by atoms with Crippen LogP contribution in [0, 0.1) is 0 Å². The number of guanidine groups is 1. The van der Waals surface area contributed by atoms with Gasteiger partial charge in [0.05, 0.1) is 11.4 Å². The van der Waals surface area contributed by atoms with Gasteiger partial charge in [0.15, 0.2) is 0 Å². The molecule has 0 aromatic heterocycles. The fourth-order valence-corrected chi connectivity index (χ4v) is 4.12. The maximum Gasteiger partial charge on any atom is 0.317 e. The molecule has 2 aromatic carbocycles. The number of hydrogen-bond acceptors (Lipinski definition) is 3. The zero-order chi connectivity index (χ0) is 18.4. The van der Waals surface area contributed by atoms with Gasteiger partial charge < -0.3 is 9.39 Å². The zero-order valence-corrected chi connectivity index (χ0v) is 16.1. The second-order valence-electron chi connectivity index (χ2n) is 7.10. The second kappa shape index (κ2) is 8.22. The summed E-state index contributed by atoms with van der Waals surface area (Å²) in [4.78, 5) is 5.18. The Labute approximate surface area is 157 Å². The molecule has 1 aliphatic heterocycles. The molecule has 2 aromatic rings. The van der Waals surface area contributed by atoms with Gasteiger partial charge in [0.2, 0.25) is 0 Å². The Hall–Kier alpha value is -2.56. The molecule has 0 saturated heterocycles. The van der Waals surface area contributed by atoms with Gasteiger partial charge in [-0.05, 0) is 24.3 Å². The molecule has 0 atom stereocenters. The summed E-state index contributed by atoms with van der Waals surface area (Å²) >= 11 is 0. The van der Waals surface area contributed by atoms with Crippen LogP contribution in [0.4, 0.5) is 11.4 Å². The molecule has 0 bridgehead atoms. The zero-order valence-electron chi connectivity index (χ0n) is 16.1. The molecule has 0 aliphatic carbocycles. The van der Waals surface area contributed by atoms with Gasteiger partial charge in [0.1, 0.15) is 5.84 Å². The third-order valence-electron chi connectivity index (χ3n) is 5.03. The topological polar surface area (TPSA) is 39.4 Å². The minimum Gasteiger partial charge on any atom is -0.435 e. The van der Waals surface area contributed by atoms with Gasteiger partial charge in [-0.15, -0.1) is 12.6 Å². The largest absolute Gasteiger partial charge is 0.435 e. The van der Waals surface area contributed by atoms with Crippen molar-refractivity contribution >= 4 is 29.6 Å². The second-order valence-corrected chi connectivity index (χ2v) is 7.10. The summed E-state index contributed by atoms with van der Waals surface area (Å²) in [6, 6.07) is 20.9. The summed E-state index contributed by atoms with van der Waals surface area (Å²) in [5.74, 6) is 1.98. The number of para-hydroxylation sites is 2. The molecule has 0 radical (unpaired) electrons. The van der Waals surface area contributed by atoms with Crippen LogP contribution >= 0.6 is 0 Å². The fraction of sp³-hybridized carbons (Fsp3) is 0.333. The van der Waals surface area contributed by atoms with E-state index in [0.29, 0.717) is 0 Å². The fourth-order valence-electron chi connectivity index (χ4n) is 4.12. The first-order valence-electron chi connectivity index (χ1n) is 9.74. The average Bonchev–Trinajstić information content (AvgIpc) is 2.63. The van der Waals surface area contributed by atoms with Gasteiger partial charge in [-0.25, -0.2) is 10.6 Å². The molecule has 2 N–H and O–H groups in total. The normalized spacial score (nSPS) is 16.0. The molecule has 1 heterocycles. The Morgan fingerprint density at radius 2 is 1.50 bits per heavy atom. The van der Waals surface area contributed by atoms with E-state index in [4.69, 9.17) is 4.90 Å². The maximum atomic E-state index is 5.18. The van der Waals surface area contributed by atoms with Gasteiger partial charge in [-0.1, -0.05) is 63.1 Å². The molecule has 4 nitrogen and oxygen atoms in total. The third kappa shape index (κ3) is 3.82. The van der Waals surface area contributed by atoms with Crippen molar-refractivity contribution in [3.05, 3.63) is 60.7 Å². The molecule has 136 valence electrons. The van der Waals surface area contributed by atoms with Crippen LogP contribution in [0.15, 0.2) is 65.6 Å². The highest BCUT2D eigenvalue weighted by atomic mass is 15.3. The van der Waals surface area contributed by atoms with Crippen LogP contribution in [0.3, 0.4) is 0 Å². The van der Waals surface area contributed by atoms with Crippen LogP contribution in [-0.4, -0.2) is 22.7 Å². The summed E-state index contributed by atoms with van der Waals surface area (Å²) in [7, 11) is 0. The Balaban J connectivity index is 2.16. The van der Waals surface area contributed by atoms with E-state index in [1.807, 2.05) is 6.07 Å². The van der Waals surface area contributed by atoms with Crippen LogP contribution < -0.4 is 10.6 Å². The SMILES string of the molecule is CCC[B-]1(CCC)N=C(C)NC(Nc2ccccc2)=[N+]1c1ccccc1. The number of benzene rings is 2. The van der Waals surface area contributed by atoms with Gasteiger partial charge >= 0.3 is 5.96 Å². The predicted molar refractivity (Wildman–Crippen MR) is 114 cm³/mol. The van der Waals surface area contributed by atoms with Crippen molar-refractivity contribution in [2.45, 2.75) is 46.3 Å². The van der Waals surface area contributed by atoms with Crippen molar-refractivity contribution in [2.24, 2.45) is 4.90 Å². The minimum absolute atomic E-state index is 0.984. The van der Waals surface area contributed by atoms with Gasteiger partial charge in [-0.2, -0.15) is 0 Å². The maximum absolute atomic E-state index is 5.18. The van der Waals surface area contributed by atoms with Crippen molar-refractivity contribution in [3.8, 4) is 0 Å². The standard InChI is InChI=1S/C21H29BN4/c1-4-16-22(17-5-2)25-18(3)23-21(24-19-12-8-6-9-13-19)26(22)20-14-10-7-11-15-20/h6-15,24H,4-5,16-17H2,1-3H3,(H,23,25). The molecule has 0 spiro atoms. The number of nitrogens with zero attached hydrogens (tertiary/aromatic N) is 2. The van der Waals surface area contributed by atoms with Gasteiger partial charge in [0, 0.05) is 6.92 Å². The molecule has 0 amide bonds. The van der Waals surface area contributed by atoms with E-state index >= 15 is 0 Å². The Kier molecular flexibility index (Phi) is 5.76. The quantitative estimate of drug-likeness (QED) is 0.715. The number of nitrogens with one attached hydrogen (secondary N) is 2. The summed E-state index contributed by atoms with van der Waals surface area (Å²) in [5.41, 5.74) is 2.25. The molecule has 0 unspecified atom stereocenters. The number of rotatable bonds is 6. The monoisotopic (exact) mass is 348 g/mol. The Morgan fingerprint density at radius 3 is 2.08 bits per heavy atom. The van der Waals surface area contributed by atoms with Crippen LogP contribution in [0.25, 0.3) is 0 Å². The van der Waals surface area contributed by atoms with Crippen molar-refractivity contribution < 1.29 is 4.49 Å². The molecular formula is C21H29BN4. The smallest absolute Gasteiger partial charge is 0.317 e.